The van der Waals surface area contributed by atoms with Crippen LogP contribution in [-0.4, -0.2) is 43.0 Å². The fourth-order valence-electron chi connectivity index (χ4n) is 1.53. The predicted molar refractivity (Wildman–Crippen MR) is 81.6 cm³/mol. The average Bonchev–Trinajstić information content (AvgIpc) is 2.49. The minimum atomic E-state index is -0.579. The second-order valence-corrected chi connectivity index (χ2v) is 4.94. The van der Waals surface area contributed by atoms with Crippen LogP contribution in [0.15, 0.2) is 36.9 Å². The number of nitrogens with one attached hydrogen (secondary N) is 1. The van der Waals surface area contributed by atoms with Crippen molar-refractivity contribution in [2.24, 2.45) is 0 Å². The van der Waals surface area contributed by atoms with E-state index in [0.29, 0.717) is 23.9 Å². The van der Waals surface area contributed by atoms with Crippen molar-refractivity contribution in [2.45, 2.75) is 26.0 Å². The zero-order valence-electron chi connectivity index (χ0n) is 12.5. The van der Waals surface area contributed by atoms with Crippen LogP contribution >= 0.6 is 0 Å². The largest absolute Gasteiger partial charge is 0.491 e. The van der Waals surface area contributed by atoms with E-state index in [2.05, 4.69) is 11.9 Å². The predicted octanol–water partition coefficient (Wildman–Crippen LogP) is 1.77. The van der Waals surface area contributed by atoms with Crippen molar-refractivity contribution in [1.29, 1.82) is 0 Å². The summed E-state index contributed by atoms with van der Waals surface area (Å²) in [4.78, 5) is 11.6. The second kappa shape index (κ2) is 9.15. The van der Waals surface area contributed by atoms with Gasteiger partial charge in [-0.25, -0.2) is 4.79 Å². The first-order valence-electron chi connectivity index (χ1n) is 6.95. The Morgan fingerprint density at radius 1 is 1.38 bits per heavy atom. The van der Waals surface area contributed by atoms with Gasteiger partial charge in [0.05, 0.1) is 5.56 Å². The van der Waals surface area contributed by atoms with Crippen LogP contribution < -0.4 is 10.1 Å². The third kappa shape index (κ3) is 6.92. The maximum atomic E-state index is 11.6. The number of benzene rings is 1. The van der Waals surface area contributed by atoms with E-state index < -0.39 is 12.1 Å². The van der Waals surface area contributed by atoms with E-state index in [9.17, 15) is 9.90 Å². The van der Waals surface area contributed by atoms with Crippen LogP contribution in [0.4, 0.5) is 0 Å². The molecule has 0 amide bonds. The number of hydrogen-bond acceptors (Lipinski definition) is 5. The zero-order chi connectivity index (χ0) is 15.7. The van der Waals surface area contributed by atoms with E-state index in [1.165, 1.54) is 6.08 Å². The first-order chi connectivity index (χ1) is 10.0. The zero-order valence-corrected chi connectivity index (χ0v) is 12.5. The smallest absolute Gasteiger partial charge is 0.338 e. The molecule has 116 valence electrons. The highest BCUT2D eigenvalue weighted by atomic mass is 16.5. The molecule has 0 aliphatic heterocycles. The highest BCUT2D eigenvalue weighted by Gasteiger charge is 2.08. The molecular formula is C16H23NO4. The topological polar surface area (TPSA) is 67.8 Å². The lowest BCUT2D eigenvalue weighted by Crippen LogP contribution is -2.35. The molecule has 1 rings (SSSR count). The fraction of sp³-hybridized carbons (Fsp3) is 0.438. The Kier molecular flexibility index (Phi) is 7.50. The number of hydrogen-bond donors (Lipinski definition) is 2. The number of esters is 1. The maximum Gasteiger partial charge on any atom is 0.338 e. The summed E-state index contributed by atoms with van der Waals surface area (Å²) < 4.78 is 10.4. The van der Waals surface area contributed by atoms with E-state index >= 15 is 0 Å². The van der Waals surface area contributed by atoms with Crippen molar-refractivity contribution >= 4 is 5.97 Å². The molecule has 2 N–H and O–H groups in total. The molecule has 0 aromatic heterocycles. The first kappa shape index (κ1) is 17.2. The summed E-state index contributed by atoms with van der Waals surface area (Å²) in [5.41, 5.74) is 0.450. The molecule has 0 aliphatic rings. The normalized spacial score (nSPS) is 12.0. The van der Waals surface area contributed by atoms with Crippen LogP contribution in [0, 0.1) is 0 Å². The monoisotopic (exact) mass is 293 g/mol. The Labute approximate surface area is 125 Å². The molecule has 5 heteroatoms. The molecule has 0 heterocycles. The molecule has 0 aliphatic carbocycles. The number of carbonyl (C=O) groups excluding carboxylic acids is 1. The van der Waals surface area contributed by atoms with Crippen LogP contribution in [0.2, 0.25) is 0 Å². The molecular weight excluding hydrogens is 270 g/mol. The Morgan fingerprint density at radius 2 is 2.05 bits per heavy atom. The second-order valence-electron chi connectivity index (χ2n) is 4.94. The van der Waals surface area contributed by atoms with Gasteiger partial charge in [0.15, 0.2) is 0 Å². The van der Waals surface area contributed by atoms with Crippen LogP contribution in [0.1, 0.15) is 24.2 Å². The van der Waals surface area contributed by atoms with E-state index in [0.717, 1.165) is 0 Å². The fourth-order valence-corrected chi connectivity index (χ4v) is 1.53. The van der Waals surface area contributed by atoms with Gasteiger partial charge in [0.2, 0.25) is 0 Å². The molecule has 0 saturated carbocycles. The minimum Gasteiger partial charge on any atom is -0.491 e. The van der Waals surface area contributed by atoms with Gasteiger partial charge in [0, 0.05) is 12.6 Å². The van der Waals surface area contributed by atoms with Crippen LogP contribution in [0.5, 0.6) is 5.75 Å². The first-order valence-corrected chi connectivity index (χ1v) is 6.95. The quantitative estimate of drug-likeness (QED) is 0.536. The highest BCUT2D eigenvalue weighted by molar-refractivity contribution is 5.89. The number of aliphatic hydroxyl groups is 1. The van der Waals surface area contributed by atoms with Crippen molar-refractivity contribution in [3.63, 3.8) is 0 Å². The molecule has 1 atom stereocenters. The Bertz CT molecular complexity index is 442. The molecule has 1 aromatic rings. The third-order valence-electron chi connectivity index (χ3n) is 2.63. The summed E-state index contributed by atoms with van der Waals surface area (Å²) in [5, 5.41) is 12.9. The van der Waals surface area contributed by atoms with Crippen molar-refractivity contribution in [1.82, 2.24) is 5.32 Å². The van der Waals surface area contributed by atoms with Gasteiger partial charge in [-0.05, 0) is 24.3 Å². The van der Waals surface area contributed by atoms with E-state index in [-0.39, 0.29) is 13.2 Å². The van der Waals surface area contributed by atoms with Crippen LogP contribution in [0.3, 0.4) is 0 Å². The maximum absolute atomic E-state index is 11.6. The SMILES string of the molecule is C=CCOC(=O)c1ccc(OCC(O)CNC(C)C)cc1. The van der Waals surface area contributed by atoms with E-state index in [1.54, 1.807) is 24.3 Å². The third-order valence-corrected chi connectivity index (χ3v) is 2.63. The number of rotatable bonds is 9. The summed E-state index contributed by atoms with van der Waals surface area (Å²) in [6.45, 7) is 8.36. The van der Waals surface area contributed by atoms with E-state index in [1.807, 2.05) is 13.8 Å². The number of ether oxygens (including phenoxy) is 2. The lowest BCUT2D eigenvalue weighted by molar-refractivity contribution is 0.0549. The lowest BCUT2D eigenvalue weighted by atomic mass is 10.2. The van der Waals surface area contributed by atoms with E-state index in [4.69, 9.17) is 9.47 Å². The summed E-state index contributed by atoms with van der Waals surface area (Å²) in [7, 11) is 0. The molecule has 0 bridgehead atoms. The van der Waals surface area contributed by atoms with Gasteiger partial charge in [-0.15, -0.1) is 0 Å². The molecule has 0 radical (unpaired) electrons. The number of aliphatic hydroxyl groups excluding tert-OH is 1. The van der Waals surface area contributed by atoms with Gasteiger partial charge in [0.1, 0.15) is 25.1 Å². The van der Waals surface area contributed by atoms with Gasteiger partial charge in [-0.3, -0.25) is 0 Å². The lowest BCUT2D eigenvalue weighted by Gasteiger charge is -2.15. The molecule has 1 unspecified atom stereocenters. The number of carbonyl (C=O) groups is 1. The molecule has 21 heavy (non-hydrogen) atoms. The molecule has 0 fully saturated rings. The summed E-state index contributed by atoms with van der Waals surface area (Å²) in [6, 6.07) is 6.92. The van der Waals surface area contributed by atoms with Gasteiger partial charge >= 0.3 is 5.97 Å². The van der Waals surface area contributed by atoms with Gasteiger partial charge in [-0.1, -0.05) is 26.5 Å². The summed E-state index contributed by atoms with van der Waals surface area (Å²) in [6.07, 6.45) is 0.937. The Hall–Kier alpha value is -1.85. The molecule has 0 spiro atoms. The average molecular weight is 293 g/mol. The standard InChI is InChI=1S/C16H23NO4/c1-4-9-20-16(19)13-5-7-15(8-6-13)21-11-14(18)10-17-12(2)3/h4-8,12,14,17-18H,1,9-11H2,2-3H3. The summed E-state index contributed by atoms with van der Waals surface area (Å²) >= 11 is 0. The van der Waals surface area contributed by atoms with Gasteiger partial charge in [0.25, 0.3) is 0 Å². The van der Waals surface area contributed by atoms with Gasteiger partial charge in [-0.2, -0.15) is 0 Å². The Balaban J connectivity index is 2.40. The van der Waals surface area contributed by atoms with Crippen molar-refractivity contribution < 1.29 is 19.4 Å². The van der Waals surface area contributed by atoms with Crippen LogP contribution in [-0.2, 0) is 4.74 Å². The van der Waals surface area contributed by atoms with Gasteiger partial charge < -0.3 is 19.9 Å². The summed E-state index contributed by atoms with van der Waals surface area (Å²) in [5.74, 6) is 0.196. The van der Waals surface area contributed by atoms with Crippen molar-refractivity contribution in [2.75, 3.05) is 19.8 Å². The van der Waals surface area contributed by atoms with Crippen LogP contribution in [0.25, 0.3) is 0 Å². The minimum absolute atomic E-state index is 0.187. The van der Waals surface area contributed by atoms with Crippen molar-refractivity contribution in [3.05, 3.63) is 42.5 Å². The molecule has 5 nitrogen and oxygen atoms in total. The molecule has 0 saturated heterocycles. The Morgan fingerprint density at radius 3 is 2.62 bits per heavy atom. The highest BCUT2D eigenvalue weighted by Crippen LogP contribution is 2.13. The molecule has 1 aromatic carbocycles. The van der Waals surface area contributed by atoms with Crippen molar-refractivity contribution in [3.8, 4) is 5.75 Å².